The fraction of sp³-hybridized carbons (Fsp3) is 0.357. The van der Waals surface area contributed by atoms with Gasteiger partial charge in [0, 0.05) is 17.5 Å². The number of benzene rings is 1. The molecule has 1 heterocycles. The monoisotopic (exact) mass is 299 g/mol. The fourth-order valence-electron chi connectivity index (χ4n) is 1.86. The molecule has 0 amide bonds. The predicted octanol–water partition coefficient (Wildman–Crippen LogP) is 4.21. The fourth-order valence-corrected chi connectivity index (χ4v) is 2.17. The Labute approximate surface area is 122 Å². The lowest BCUT2D eigenvalue weighted by Gasteiger charge is -2.13. The Bertz CT molecular complexity index is 587. The highest BCUT2D eigenvalue weighted by Crippen LogP contribution is 2.36. The van der Waals surface area contributed by atoms with E-state index >= 15 is 0 Å². The van der Waals surface area contributed by atoms with Crippen LogP contribution >= 0.6 is 23.2 Å². The highest BCUT2D eigenvalue weighted by Gasteiger charge is 2.11. The van der Waals surface area contributed by atoms with E-state index in [1.54, 1.807) is 13.3 Å². The van der Waals surface area contributed by atoms with Crippen LogP contribution in [-0.2, 0) is 0 Å². The summed E-state index contributed by atoms with van der Waals surface area (Å²) < 4.78 is 11.0. The summed E-state index contributed by atoms with van der Waals surface area (Å²) in [6.07, 6.45) is 2.53. The van der Waals surface area contributed by atoms with Gasteiger partial charge in [0.2, 0.25) is 0 Å². The molecule has 0 saturated heterocycles. The molecule has 0 fully saturated rings. The SMILES string of the molecule is COc1cc2c(C)cnc(Cl)c2cc1OCCCCl. The van der Waals surface area contributed by atoms with Gasteiger partial charge in [-0.3, -0.25) is 0 Å². The number of hydrogen-bond acceptors (Lipinski definition) is 3. The van der Waals surface area contributed by atoms with Gasteiger partial charge >= 0.3 is 0 Å². The lowest BCUT2D eigenvalue weighted by atomic mass is 10.1. The molecule has 0 atom stereocenters. The minimum absolute atomic E-state index is 0.463. The number of halogens is 2. The Balaban J connectivity index is 2.48. The zero-order valence-corrected chi connectivity index (χ0v) is 12.4. The lowest BCUT2D eigenvalue weighted by molar-refractivity contribution is 0.295. The molecule has 0 N–H and O–H groups in total. The molecule has 5 heteroatoms. The van der Waals surface area contributed by atoms with Gasteiger partial charge in [-0.05, 0) is 36.4 Å². The molecule has 0 saturated carbocycles. The van der Waals surface area contributed by atoms with E-state index in [1.165, 1.54) is 0 Å². The Morgan fingerprint density at radius 2 is 1.95 bits per heavy atom. The van der Waals surface area contributed by atoms with Gasteiger partial charge in [0.1, 0.15) is 5.15 Å². The average molecular weight is 300 g/mol. The maximum absolute atomic E-state index is 6.13. The zero-order valence-electron chi connectivity index (χ0n) is 10.9. The van der Waals surface area contributed by atoms with E-state index in [-0.39, 0.29) is 0 Å². The van der Waals surface area contributed by atoms with Crippen molar-refractivity contribution in [3.05, 3.63) is 29.0 Å². The molecule has 2 rings (SSSR count). The van der Waals surface area contributed by atoms with E-state index in [9.17, 15) is 0 Å². The molecule has 2 aromatic rings. The van der Waals surface area contributed by atoms with E-state index in [0.717, 1.165) is 22.8 Å². The van der Waals surface area contributed by atoms with E-state index in [1.807, 2.05) is 19.1 Å². The summed E-state index contributed by atoms with van der Waals surface area (Å²) in [4.78, 5) is 4.15. The van der Waals surface area contributed by atoms with Crippen LogP contribution < -0.4 is 9.47 Å². The average Bonchev–Trinajstić information content (AvgIpc) is 2.43. The van der Waals surface area contributed by atoms with E-state index < -0.39 is 0 Å². The molecular formula is C14H15Cl2NO2. The first-order chi connectivity index (χ1) is 9.17. The van der Waals surface area contributed by atoms with Crippen LogP contribution in [0.1, 0.15) is 12.0 Å². The number of ether oxygens (including phenoxy) is 2. The van der Waals surface area contributed by atoms with Gasteiger partial charge in [0.25, 0.3) is 0 Å². The molecule has 0 spiro atoms. The summed E-state index contributed by atoms with van der Waals surface area (Å²) in [5, 5.41) is 2.34. The van der Waals surface area contributed by atoms with Gasteiger partial charge in [-0.15, -0.1) is 11.6 Å². The van der Waals surface area contributed by atoms with Gasteiger partial charge in [-0.25, -0.2) is 4.98 Å². The molecular weight excluding hydrogens is 285 g/mol. The molecule has 0 aliphatic rings. The van der Waals surface area contributed by atoms with Crippen molar-refractivity contribution in [1.29, 1.82) is 0 Å². The number of nitrogens with zero attached hydrogens (tertiary/aromatic N) is 1. The first kappa shape index (κ1) is 14.2. The highest BCUT2D eigenvalue weighted by atomic mass is 35.5. The molecule has 1 aromatic carbocycles. The number of aromatic nitrogens is 1. The van der Waals surface area contributed by atoms with Crippen molar-refractivity contribution < 1.29 is 9.47 Å². The van der Waals surface area contributed by atoms with Gasteiger partial charge in [0.05, 0.1) is 13.7 Å². The van der Waals surface area contributed by atoms with Crippen molar-refractivity contribution in [3.8, 4) is 11.5 Å². The van der Waals surface area contributed by atoms with Gasteiger partial charge in [-0.2, -0.15) is 0 Å². The number of pyridine rings is 1. The van der Waals surface area contributed by atoms with Gasteiger partial charge < -0.3 is 9.47 Å². The normalized spacial score (nSPS) is 10.7. The second kappa shape index (κ2) is 6.31. The third kappa shape index (κ3) is 3.04. The number of alkyl halides is 1. The first-order valence-corrected chi connectivity index (χ1v) is 6.90. The molecule has 0 aliphatic carbocycles. The quantitative estimate of drug-likeness (QED) is 0.471. The van der Waals surface area contributed by atoms with E-state index in [2.05, 4.69) is 4.98 Å². The summed E-state index contributed by atoms with van der Waals surface area (Å²) in [5.74, 6) is 1.92. The third-order valence-electron chi connectivity index (χ3n) is 2.86. The Hall–Kier alpha value is -1.19. The number of aryl methyl sites for hydroxylation is 1. The van der Waals surface area contributed by atoms with Crippen LogP contribution in [0, 0.1) is 6.92 Å². The summed E-state index contributed by atoms with van der Waals surface area (Å²) in [6, 6.07) is 3.79. The Kier molecular flexibility index (Phi) is 4.72. The van der Waals surface area contributed by atoms with Crippen molar-refractivity contribution >= 4 is 34.0 Å². The maximum atomic E-state index is 6.13. The highest BCUT2D eigenvalue weighted by molar-refractivity contribution is 6.34. The topological polar surface area (TPSA) is 31.4 Å². The minimum Gasteiger partial charge on any atom is -0.493 e. The molecule has 0 radical (unpaired) electrons. The number of rotatable bonds is 5. The molecule has 102 valence electrons. The summed E-state index contributed by atoms with van der Waals surface area (Å²) in [6.45, 7) is 2.53. The van der Waals surface area contributed by atoms with Gasteiger partial charge in [0.15, 0.2) is 11.5 Å². The molecule has 1 aromatic heterocycles. The largest absolute Gasteiger partial charge is 0.493 e. The van der Waals surface area contributed by atoms with Crippen LogP contribution in [-0.4, -0.2) is 24.6 Å². The maximum Gasteiger partial charge on any atom is 0.161 e. The minimum atomic E-state index is 0.463. The van der Waals surface area contributed by atoms with E-state index in [0.29, 0.717) is 29.1 Å². The van der Waals surface area contributed by atoms with Gasteiger partial charge in [-0.1, -0.05) is 11.6 Å². The molecule has 0 bridgehead atoms. The summed E-state index contributed by atoms with van der Waals surface area (Å²) >= 11 is 11.8. The van der Waals surface area contributed by atoms with Crippen LogP contribution in [0.2, 0.25) is 5.15 Å². The lowest BCUT2D eigenvalue weighted by Crippen LogP contribution is -2.00. The third-order valence-corrected chi connectivity index (χ3v) is 3.43. The van der Waals surface area contributed by atoms with Crippen molar-refractivity contribution in [3.63, 3.8) is 0 Å². The second-order valence-corrected chi connectivity index (χ2v) is 4.91. The number of fused-ring (bicyclic) bond motifs is 1. The standard InChI is InChI=1S/C14H15Cl2NO2/c1-9-8-17-14(16)11-7-13(19-5-3-4-15)12(18-2)6-10(9)11/h6-8H,3-5H2,1-2H3. The van der Waals surface area contributed by atoms with Crippen molar-refractivity contribution in [2.24, 2.45) is 0 Å². The van der Waals surface area contributed by atoms with Crippen LogP contribution in [0.25, 0.3) is 10.8 Å². The van der Waals surface area contributed by atoms with Crippen LogP contribution in [0.5, 0.6) is 11.5 Å². The molecule has 0 aliphatic heterocycles. The van der Waals surface area contributed by atoms with Crippen molar-refractivity contribution in [2.45, 2.75) is 13.3 Å². The van der Waals surface area contributed by atoms with E-state index in [4.69, 9.17) is 32.7 Å². The Morgan fingerprint density at radius 3 is 2.63 bits per heavy atom. The molecule has 19 heavy (non-hydrogen) atoms. The van der Waals surface area contributed by atoms with Crippen LogP contribution in [0.4, 0.5) is 0 Å². The smallest absolute Gasteiger partial charge is 0.161 e. The predicted molar refractivity (Wildman–Crippen MR) is 78.9 cm³/mol. The van der Waals surface area contributed by atoms with Crippen LogP contribution in [0.15, 0.2) is 18.3 Å². The summed E-state index contributed by atoms with van der Waals surface area (Å²) in [5.41, 5.74) is 1.05. The molecule has 3 nitrogen and oxygen atoms in total. The number of methoxy groups -OCH3 is 1. The van der Waals surface area contributed by atoms with Crippen molar-refractivity contribution in [1.82, 2.24) is 4.98 Å². The Morgan fingerprint density at radius 1 is 1.21 bits per heavy atom. The zero-order chi connectivity index (χ0) is 13.8. The second-order valence-electron chi connectivity index (χ2n) is 4.17. The van der Waals surface area contributed by atoms with Crippen molar-refractivity contribution in [2.75, 3.05) is 19.6 Å². The molecule has 0 unspecified atom stereocenters. The van der Waals surface area contributed by atoms with Crippen LogP contribution in [0.3, 0.4) is 0 Å². The summed E-state index contributed by atoms with van der Waals surface area (Å²) in [7, 11) is 1.62. The number of hydrogen-bond donors (Lipinski definition) is 0. The first-order valence-electron chi connectivity index (χ1n) is 5.99.